The SMILES string of the molecule is Cc1sc2c(c1C)C(c1ccc(Cl)cc1)=NN(Cc1ccc(C(F)(F)F)cc1)c1nnc(C)n1-2. The highest BCUT2D eigenvalue weighted by molar-refractivity contribution is 7.15. The average Bonchev–Trinajstić information content (AvgIpc) is 3.26. The summed E-state index contributed by atoms with van der Waals surface area (Å²) in [4.78, 5) is 1.15. The van der Waals surface area contributed by atoms with E-state index in [-0.39, 0.29) is 6.54 Å². The third-order valence-corrected chi connectivity index (χ3v) is 7.24. The number of rotatable bonds is 3. The van der Waals surface area contributed by atoms with Gasteiger partial charge in [-0.15, -0.1) is 21.5 Å². The molecule has 0 bridgehead atoms. The summed E-state index contributed by atoms with van der Waals surface area (Å²) in [6.07, 6.45) is -4.39. The van der Waals surface area contributed by atoms with Crippen molar-refractivity contribution >= 4 is 34.6 Å². The Kier molecular flexibility index (Phi) is 5.49. The summed E-state index contributed by atoms with van der Waals surface area (Å²) < 4.78 is 41.0. The maximum absolute atomic E-state index is 13.0. The Morgan fingerprint density at radius 1 is 0.941 bits per heavy atom. The van der Waals surface area contributed by atoms with Gasteiger partial charge in [-0.2, -0.15) is 18.3 Å². The van der Waals surface area contributed by atoms with Crippen LogP contribution < -0.4 is 5.01 Å². The van der Waals surface area contributed by atoms with Crippen molar-refractivity contribution in [2.75, 3.05) is 5.01 Å². The lowest BCUT2D eigenvalue weighted by Gasteiger charge is -2.18. The lowest BCUT2D eigenvalue weighted by Crippen LogP contribution is -2.21. The number of halogens is 4. The Morgan fingerprint density at radius 2 is 1.62 bits per heavy atom. The number of hydrogen-bond acceptors (Lipinski definition) is 5. The lowest BCUT2D eigenvalue weighted by atomic mass is 10.00. The average molecular weight is 502 g/mol. The first-order valence-electron chi connectivity index (χ1n) is 10.4. The van der Waals surface area contributed by atoms with Crippen molar-refractivity contribution in [1.29, 1.82) is 0 Å². The summed E-state index contributed by atoms with van der Waals surface area (Å²) in [7, 11) is 0. The third kappa shape index (κ3) is 3.88. The molecule has 174 valence electrons. The second-order valence-electron chi connectivity index (χ2n) is 8.05. The summed E-state index contributed by atoms with van der Waals surface area (Å²) in [6.45, 7) is 6.21. The first-order valence-corrected chi connectivity index (χ1v) is 11.6. The van der Waals surface area contributed by atoms with Crippen molar-refractivity contribution in [3.8, 4) is 5.00 Å². The summed E-state index contributed by atoms with van der Waals surface area (Å²) in [6, 6.07) is 12.5. The minimum Gasteiger partial charge on any atom is -0.254 e. The fourth-order valence-electron chi connectivity index (χ4n) is 3.90. The Bertz CT molecular complexity index is 1400. The van der Waals surface area contributed by atoms with Gasteiger partial charge in [0.2, 0.25) is 0 Å². The van der Waals surface area contributed by atoms with Gasteiger partial charge >= 0.3 is 6.18 Å². The predicted octanol–water partition coefficient (Wildman–Crippen LogP) is 6.70. The summed E-state index contributed by atoms with van der Waals surface area (Å²) >= 11 is 7.76. The molecule has 5 rings (SSSR count). The van der Waals surface area contributed by atoms with Gasteiger partial charge in [0.05, 0.1) is 12.1 Å². The molecule has 4 aromatic rings. The Balaban J connectivity index is 1.67. The minimum atomic E-state index is -4.39. The topological polar surface area (TPSA) is 46.3 Å². The molecule has 34 heavy (non-hydrogen) atoms. The monoisotopic (exact) mass is 501 g/mol. The molecule has 3 heterocycles. The van der Waals surface area contributed by atoms with Crippen LogP contribution in [0.1, 0.15) is 38.5 Å². The third-order valence-electron chi connectivity index (χ3n) is 5.80. The fraction of sp³-hybridized carbons (Fsp3) is 0.208. The van der Waals surface area contributed by atoms with Crippen molar-refractivity contribution in [2.24, 2.45) is 5.10 Å². The van der Waals surface area contributed by atoms with Crippen LogP contribution >= 0.6 is 22.9 Å². The van der Waals surface area contributed by atoms with Crippen molar-refractivity contribution in [3.63, 3.8) is 0 Å². The molecule has 2 aromatic carbocycles. The van der Waals surface area contributed by atoms with Crippen LogP contribution in [0.2, 0.25) is 5.02 Å². The molecule has 0 atom stereocenters. The summed E-state index contributed by atoms with van der Waals surface area (Å²) in [5, 5.41) is 16.9. The predicted molar refractivity (Wildman–Crippen MR) is 128 cm³/mol. The molecule has 0 aliphatic carbocycles. The van der Waals surface area contributed by atoms with Gasteiger partial charge in [-0.05, 0) is 56.2 Å². The highest BCUT2D eigenvalue weighted by Gasteiger charge is 2.32. The van der Waals surface area contributed by atoms with Crippen LogP contribution in [0.3, 0.4) is 0 Å². The van der Waals surface area contributed by atoms with Gasteiger partial charge in [-0.1, -0.05) is 35.9 Å². The molecule has 1 aliphatic rings. The van der Waals surface area contributed by atoms with Gasteiger partial charge in [0.1, 0.15) is 16.5 Å². The number of aromatic nitrogens is 3. The summed E-state index contributed by atoms with van der Waals surface area (Å²) in [5.41, 5.74) is 3.67. The zero-order valence-electron chi connectivity index (χ0n) is 18.5. The van der Waals surface area contributed by atoms with Gasteiger partial charge in [0, 0.05) is 21.0 Å². The molecule has 0 spiro atoms. The number of hydrogen-bond donors (Lipinski definition) is 0. The number of anilines is 1. The smallest absolute Gasteiger partial charge is 0.254 e. The summed E-state index contributed by atoms with van der Waals surface area (Å²) in [5.74, 6) is 1.20. The van der Waals surface area contributed by atoms with E-state index in [2.05, 4.69) is 24.0 Å². The number of thiophene rings is 1. The zero-order valence-corrected chi connectivity index (χ0v) is 20.1. The zero-order chi connectivity index (χ0) is 24.2. The second kappa shape index (κ2) is 8.25. The lowest BCUT2D eigenvalue weighted by molar-refractivity contribution is -0.137. The Morgan fingerprint density at radius 3 is 2.26 bits per heavy atom. The molecule has 0 saturated carbocycles. The molecule has 1 aliphatic heterocycles. The number of benzene rings is 2. The maximum atomic E-state index is 13.0. The van der Waals surface area contributed by atoms with Gasteiger partial charge in [-0.25, -0.2) is 5.01 Å². The van der Waals surface area contributed by atoms with Gasteiger partial charge in [-0.3, -0.25) is 4.57 Å². The molecule has 0 saturated heterocycles. The van der Waals surface area contributed by atoms with Crippen LogP contribution in [0.4, 0.5) is 19.1 Å². The Hall–Kier alpha value is -3.17. The van der Waals surface area contributed by atoms with Crippen LogP contribution in [0.25, 0.3) is 5.00 Å². The molecule has 0 N–H and O–H groups in total. The maximum Gasteiger partial charge on any atom is 0.416 e. The van der Waals surface area contributed by atoms with E-state index in [0.717, 1.165) is 44.4 Å². The molecule has 5 nitrogen and oxygen atoms in total. The molecule has 2 aromatic heterocycles. The molecule has 0 fully saturated rings. The molecule has 0 amide bonds. The van der Waals surface area contributed by atoms with Crippen molar-refractivity contribution in [1.82, 2.24) is 14.8 Å². The van der Waals surface area contributed by atoms with Crippen molar-refractivity contribution < 1.29 is 13.2 Å². The van der Waals surface area contributed by atoms with E-state index in [9.17, 15) is 13.2 Å². The first-order chi connectivity index (χ1) is 16.1. The number of nitrogens with zero attached hydrogens (tertiary/aromatic N) is 5. The van der Waals surface area contributed by atoms with Crippen LogP contribution in [0, 0.1) is 20.8 Å². The van der Waals surface area contributed by atoms with E-state index in [4.69, 9.17) is 16.7 Å². The van der Waals surface area contributed by atoms with E-state index in [0.29, 0.717) is 22.4 Å². The van der Waals surface area contributed by atoms with E-state index in [1.165, 1.54) is 12.1 Å². The number of hydrazone groups is 1. The van der Waals surface area contributed by atoms with Crippen LogP contribution in [0.5, 0.6) is 0 Å². The molecule has 10 heteroatoms. The second-order valence-corrected chi connectivity index (χ2v) is 9.69. The molecular weight excluding hydrogens is 483 g/mol. The van der Waals surface area contributed by atoms with Gasteiger partial charge < -0.3 is 0 Å². The number of fused-ring (bicyclic) bond motifs is 3. The van der Waals surface area contributed by atoms with Gasteiger partial charge in [0.25, 0.3) is 5.95 Å². The first kappa shape index (κ1) is 22.6. The van der Waals surface area contributed by atoms with Crippen molar-refractivity contribution in [3.05, 3.63) is 92.1 Å². The van der Waals surface area contributed by atoms with Crippen LogP contribution in [-0.2, 0) is 12.7 Å². The molecular formula is C24H19ClF3N5S. The number of alkyl halides is 3. The van der Waals surface area contributed by atoms with Crippen LogP contribution in [-0.4, -0.2) is 20.5 Å². The van der Waals surface area contributed by atoms with E-state index in [1.807, 2.05) is 35.8 Å². The van der Waals surface area contributed by atoms with Crippen LogP contribution in [0.15, 0.2) is 53.6 Å². The minimum absolute atomic E-state index is 0.223. The quantitative estimate of drug-likeness (QED) is 0.314. The number of aryl methyl sites for hydroxylation is 2. The van der Waals surface area contributed by atoms with Crippen molar-refractivity contribution in [2.45, 2.75) is 33.5 Å². The van der Waals surface area contributed by atoms with E-state index < -0.39 is 11.7 Å². The van der Waals surface area contributed by atoms with E-state index >= 15 is 0 Å². The Labute approximate surface area is 203 Å². The largest absolute Gasteiger partial charge is 0.416 e. The molecule has 0 radical (unpaired) electrons. The highest BCUT2D eigenvalue weighted by Crippen LogP contribution is 2.39. The standard InChI is InChI=1S/C24H19ClF3N5S/c1-13-14(2)34-22-20(13)21(17-6-10-19(25)11-7-17)31-32(23-30-29-15(3)33(22)23)12-16-4-8-18(9-5-16)24(26,27)28/h4-11H,12H2,1-3H3. The normalized spacial score (nSPS) is 13.4. The van der Waals surface area contributed by atoms with E-state index in [1.54, 1.807) is 16.3 Å². The van der Waals surface area contributed by atoms with Gasteiger partial charge in [0.15, 0.2) is 0 Å². The molecule has 0 unspecified atom stereocenters. The highest BCUT2D eigenvalue weighted by atomic mass is 35.5. The fourth-order valence-corrected chi connectivity index (χ4v) is 5.23.